The third-order valence-corrected chi connectivity index (χ3v) is 5.01. The molecule has 0 bridgehead atoms. The maximum Gasteiger partial charge on any atom is 0.125 e. The molecule has 0 radical (unpaired) electrons. The fraction of sp³-hybridized carbons (Fsp3) is 0.409. The van der Waals surface area contributed by atoms with E-state index in [9.17, 15) is 0 Å². The number of hydrogen-bond donors (Lipinski definition) is 0. The predicted octanol–water partition coefficient (Wildman–Crippen LogP) is 3.32. The van der Waals surface area contributed by atoms with Crippen LogP contribution in [-0.4, -0.2) is 56.7 Å². The summed E-state index contributed by atoms with van der Waals surface area (Å²) in [5.74, 6) is 1.55. The minimum Gasteiger partial charge on any atom is -0.497 e. The number of hydrogen-bond acceptors (Lipinski definition) is 5. The third kappa shape index (κ3) is 5.46. The van der Waals surface area contributed by atoms with Crippen LogP contribution in [0.5, 0.6) is 11.5 Å². The number of rotatable bonds is 7. The molecular formula is C22H27N3O2. The molecule has 0 saturated carbocycles. The Hall–Kier alpha value is -2.55. The molecule has 1 atom stereocenters. The van der Waals surface area contributed by atoms with Crippen LogP contribution in [0.3, 0.4) is 0 Å². The Kier molecular flexibility index (Phi) is 6.69. The molecular weight excluding hydrogens is 338 g/mol. The van der Waals surface area contributed by atoms with Gasteiger partial charge in [-0.2, -0.15) is 5.26 Å². The van der Waals surface area contributed by atoms with E-state index in [4.69, 9.17) is 14.7 Å². The van der Waals surface area contributed by atoms with E-state index >= 15 is 0 Å². The van der Waals surface area contributed by atoms with Crippen molar-refractivity contribution in [1.82, 2.24) is 9.80 Å². The monoisotopic (exact) mass is 365 g/mol. The first kappa shape index (κ1) is 19.2. The smallest absolute Gasteiger partial charge is 0.125 e. The van der Waals surface area contributed by atoms with Gasteiger partial charge in [0.05, 0.1) is 18.7 Å². The maximum atomic E-state index is 9.14. The molecule has 0 N–H and O–H groups in total. The Morgan fingerprint density at radius 2 is 1.78 bits per heavy atom. The fourth-order valence-electron chi connectivity index (χ4n) is 3.31. The number of ether oxygens (including phenoxy) is 2. The molecule has 27 heavy (non-hydrogen) atoms. The summed E-state index contributed by atoms with van der Waals surface area (Å²) >= 11 is 0. The van der Waals surface area contributed by atoms with Crippen LogP contribution in [-0.2, 0) is 0 Å². The van der Waals surface area contributed by atoms with Crippen LogP contribution in [0.2, 0.25) is 0 Å². The van der Waals surface area contributed by atoms with E-state index in [-0.39, 0.29) is 6.10 Å². The van der Waals surface area contributed by atoms with Crippen LogP contribution in [0.15, 0.2) is 48.5 Å². The second-order valence-corrected chi connectivity index (χ2v) is 6.96. The number of piperazine rings is 1. The summed E-state index contributed by atoms with van der Waals surface area (Å²) < 4.78 is 11.7. The average molecular weight is 365 g/mol. The van der Waals surface area contributed by atoms with Crippen molar-refractivity contribution in [2.75, 3.05) is 46.9 Å². The van der Waals surface area contributed by atoms with Gasteiger partial charge in [0, 0.05) is 39.1 Å². The van der Waals surface area contributed by atoms with Crippen LogP contribution in [0.25, 0.3) is 0 Å². The van der Waals surface area contributed by atoms with E-state index in [1.807, 2.05) is 30.3 Å². The minimum absolute atomic E-state index is 0.0892. The number of nitriles is 1. The van der Waals surface area contributed by atoms with E-state index in [1.165, 1.54) is 0 Å². The van der Waals surface area contributed by atoms with Crippen molar-refractivity contribution in [2.45, 2.75) is 12.5 Å². The molecule has 1 aliphatic heterocycles. The molecule has 2 aromatic rings. The molecule has 3 rings (SSSR count). The molecule has 1 saturated heterocycles. The largest absolute Gasteiger partial charge is 0.497 e. The molecule has 0 spiro atoms. The van der Waals surface area contributed by atoms with Crippen LogP contribution in [0.1, 0.15) is 23.7 Å². The van der Waals surface area contributed by atoms with Gasteiger partial charge in [-0.15, -0.1) is 0 Å². The molecule has 142 valence electrons. The minimum atomic E-state index is -0.0892. The lowest BCUT2D eigenvalue weighted by Gasteiger charge is -2.33. The van der Waals surface area contributed by atoms with Gasteiger partial charge in [-0.3, -0.25) is 0 Å². The summed E-state index contributed by atoms with van der Waals surface area (Å²) in [7, 11) is 3.84. The van der Waals surface area contributed by atoms with E-state index < -0.39 is 0 Å². The van der Waals surface area contributed by atoms with Gasteiger partial charge >= 0.3 is 0 Å². The van der Waals surface area contributed by atoms with Crippen molar-refractivity contribution in [3.05, 3.63) is 59.7 Å². The molecule has 1 unspecified atom stereocenters. The first-order chi connectivity index (χ1) is 13.2. The Morgan fingerprint density at radius 3 is 2.52 bits per heavy atom. The molecule has 1 aliphatic rings. The summed E-state index contributed by atoms with van der Waals surface area (Å²) in [5, 5.41) is 9.14. The quantitative estimate of drug-likeness (QED) is 0.753. The highest BCUT2D eigenvalue weighted by Crippen LogP contribution is 2.28. The standard InChI is InChI=1S/C22H27N3O2/c1-24-11-13-25(14-12-24)10-9-22(19-6-4-7-20(16-19)26-2)27-21-8-3-5-18(15-21)17-23/h3-8,15-16,22H,9-14H2,1-2H3. The highest BCUT2D eigenvalue weighted by molar-refractivity contribution is 5.37. The van der Waals surface area contributed by atoms with Crippen molar-refractivity contribution < 1.29 is 9.47 Å². The van der Waals surface area contributed by atoms with Gasteiger partial charge in [0.15, 0.2) is 0 Å². The van der Waals surface area contributed by atoms with Crippen LogP contribution < -0.4 is 9.47 Å². The van der Waals surface area contributed by atoms with Gasteiger partial charge in [-0.25, -0.2) is 0 Å². The number of methoxy groups -OCH3 is 1. The van der Waals surface area contributed by atoms with Crippen molar-refractivity contribution in [1.29, 1.82) is 5.26 Å². The van der Waals surface area contributed by atoms with Gasteiger partial charge in [-0.1, -0.05) is 18.2 Å². The summed E-state index contributed by atoms with van der Waals surface area (Å²) in [6, 6.07) is 17.6. The van der Waals surface area contributed by atoms with Gasteiger partial charge in [0.1, 0.15) is 17.6 Å². The van der Waals surface area contributed by atoms with Gasteiger partial charge in [-0.05, 0) is 42.9 Å². The lowest BCUT2D eigenvalue weighted by molar-refractivity contribution is 0.123. The number of benzene rings is 2. The zero-order chi connectivity index (χ0) is 19.1. The highest BCUT2D eigenvalue weighted by atomic mass is 16.5. The van der Waals surface area contributed by atoms with Crippen LogP contribution in [0.4, 0.5) is 0 Å². The maximum absolute atomic E-state index is 9.14. The van der Waals surface area contributed by atoms with E-state index in [1.54, 1.807) is 19.2 Å². The lowest BCUT2D eigenvalue weighted by atomic mass is 10.1. The van der Waals surface area contributed by atoms with E-state index in [0.29, 0.717) is 5.56 Å². The molecule has 1 fully saturated rings. The van der Waals surface area contributed by atoms with Crippen molar-refractivity contribution in [2.24, 2.45) is 0 Å². The zero-order valence-electron chi connectivity index (χ0n) is 16.1. The molecule has 0 aliphatic carbocycles. The topological polar surface area (TPSA) is 48.7 Å². The molecule has 2 aromatic carbocycles. The third-order valence-electron chi connectivity index (χ3n) is 5.01. The van der Waals surface area contributed by atoms with Crippen LogP contribution >= 0.6 is 0 Å². The van der Waals surface area contributed by atoms with Crippen molar-refractivity contribution in [3.8, 4) is 17.6 Å². The second-order valence-electron chi connectivity index (χ2n) is 6.96. The lowest BCUT2D eigenvalue weighted by Crippen LogP contribution is -2.45. The molecule has 5 nitrogen and oxygen atoms in total. The van der Waals surface area contributed by atoms with Gasteiger partial charge in [0.25, 0.3) is 0 Å². The van der Waals surface area contributed by atoms with Crippen molar-refractivity contribution in [3.63, 3.8) is 0 Å². The first-order valence-electron chi connectivity index (χ1n) is 9.39. The van der Waals surface area contributed by atoms with Crippen molar-refractivity contribution >= 4 is 0 Å². The van der Waals surface area contributed by atoms with Crippen LogP contribution in [0, 0.1) is 11.3 Å². The Morgan fingerprint density at radius 1 is 1.04 bits per heavy atom. The zero-order valence-corrected chi connectivity index (χ0v) is 16.1. The normalized spacial score (nSPS) is 16.5. The Bertz CT molecular complexity index is 779. The summed E-state index contributed by atoms with van der Waals surface area (Å²) in [5.41, 5.74) is 1.70. The fourth-order valence-corrected chi connectivity index (χ4v) is 3.31. The molecule has 0 amide bonds. The molecule has 1 heterocycles. The average Bonchev–Trinajstić information content (AvgIpc) is 2.72. The summed E-state index contributed by atoms with van der Waals surface area (Å²) in [4.78, 5) is 4.85. The molecule has 5 heteroatoms. The molecule has 0 aromatic heterocycles. The van der Waals surface area contributed by atoms with Gasteiger partial charge in [0.2, 0.25) is 0 Å². The predicted molar refractivity (Wildman–Crippen MR) is 106 cm³/mol. The SMILES string of the molecule is COc1cccc(C(CCN2CCN(C)CC2)Oc2cccc(C#N)c2)c1. The Balaban J connectivity index is 1.74. The van der Waals surface area contributed by atoms with Gasteiger partial charge < -0.3 is 19.3 Å². The van der Waals surface area contributed by atoms with E-state index in [0.717, 1.165) is 56.2 Å². The summed E-state index contributed by atoms with van der Waals surface area (Å²) in [6.07, 6.45) is 0.793. The summed E-state index contributed by atoms with van der Waals surface area (Å²) in [6.45, 7) is 5.37. The highest BCUT2D eigenvalue weighted by Gasteiger charge is 2.19. The first-order valence-corrected chi connectivity index (χ1v) is 9.39. The number of nitrogens with zero attached hydrogens (tertiary/aromatic N) is 3. The number of likely N-dealkylation sites (N-methyl/N-ethyl adjacent to an activating group) is 1. The Labute approximate surface area is 161 Å². The van der Waals surface area contributed by atoms with E-state index in [2.05, 4.69) is 29.0 Å². The second kappa shape index (κ2) is 9.40.